The summed E-state index contributed by atoms with van der Waals surface area (Å²) >= 11 is 0. The Hall–Kier alpha value is -3.08. The van der Waals surface area contributed by atoms with E-state index in [9.17, 15) is 9.59 Å². The molecule has 2 aromatic carbocycles. The molecule has 5 nitrogen and oxygen atoms in total. The van der Waals surface area contributed by atoms with Gasteiger partial charge in [-0.15, -0.1) is 0 Å². The van der Waals surface area contributed by atoms with Gasteiger partial charge in [0.1, 0.15) is 0 Å². The summed E-state index contributed by atoms with van der Waals surface area (Å²) in [5.74, 6) is -3.27. The third-order valence-corrected chi connectivity index (χ3v) is 3.61. The summed E-state index contributed by atoms with van der Waals surface area (Å²) in [6, 6.07) is 18.3. The Morgan fingerprint density at radius 1 is 1.04 bits per heavy atom. The SMILES string of the molecule is COC(=O)[C@@]1(Cc2ccccc2)OC(=O)C(=Cc2ccccc2)O1. The number of carbonyl (C=O) groups is 2. The van der Waals surface area contributed by atoms with Crippen LogP contribution >= 0.6 is 0 Å². The second-order valence-electron chi connectivity index (χ2n) is 5.32. The minimum Gasteiger partial charge on any atom is -0.463 e. The van der Waals surface area contributed by atoms with Gasteiger partial charge in [-0.2, -0.15) is 0 Å². The molecule has 0 radical (unpaired) electrons. The van der Waals surface area contributed by atoms with E-state index in [0.717, 1.165) is 11.1 Å². The maximum absolute atomic E-state index is 12.2. The molecule has 0 N–H and O–H groups in total. The van der Waals surface area contributed by atoms with E-state index in [1.54, 1.807) is 0 Å². The fraction of sp³-hybridized carbons (Fsp3) is 0.158. The Balaban J connectivity index is 1.92. The molecule has 5 heteroatoms. The number of hydrogen-bond acceptors (Lipinski definition) is 5. The van der Waals surface area contributed by atoms with Crippen molar-refractivity contribution in [2.24, 2.45) is 0 Å². The highest BCUT2D eigenvalue weighted by Gasteiger charge is 2.53. The maximum Gasteiger partial charge on any atom is 0.393 e. The first-order valence-corrected chi connectivity index (χ1v) is 7.44. The molecule has 0 aliphatic carbocycles. The fourth-order valence-electron chi connectivity index (χ4n) is 2.48. The van der Waals surface area contributed by atoms with E-state index in [4.69, 9.17) is 14.2 Å². The second-order valence-corrected chi connectivity index (χ2v) is 5.32. The molecule has 1 aliphatic rings. The van der Waals surface area contributed by atoms with Crippen LogP contribution in [0.3, 0.4) is 0 Å². The van der Waals surface area contributed by atoms with Gasteiger partial charge in [0.05, 0.1) is 13.5 Å². The van der Waals surface area contributed by atoms with Crippen LogP contribution < -0.4 is 0 Å². The lowest BCUT2D eigenvalue weighted by molar-refractivity contribution is -0.202. The van der Waals surface area contributed by atoms with Crippen LogP contribution in [0.4, 0.5) is 0 Å². The zero-order chi connectivity index (χ0) is 17.0. The molecule has 0 spiro atoms. The van der Waals surface area contributed by atoms with Gasteiger partial charge < -0.3 is 14.2 Å². The summed E-state index contributed by atoms with van der Waals surface area (Å²) in [5, 5.41) is 0. The van der Waals surface area contributed by atoms with Crippen molar-refractivity contribution in [3.63, 3.8) is 0 Å². The van der Waals surface area contributed by atoms with Crippen LogP contribution in [0.15, 0.2) is 66.4 Å². The highest BCUT2D eigenvalue weighted by molar-refractivity contribution is 5.97. The number of rotatable bonds is 4. The number of ether oxygens (including phenoxy) is 3. The van der Waals surface area contributed by atoms with E-state index < -0.39 is 17.7 Å². The van der Waals surface area contributed by atoms with Crippen molar-refractivity contribution >= 4 is 18.0 Å². The number of cyclic esters (lactones) is 1. The van der Waals surface area contributed by atoms with Gasteiger partial charge in [0.15, 0.2) is 0 Å². The molecule has 0 aromatic heterocycles. The first-order valence-electron chi connectivity index (χ1n) is 7.44. The molecule has 1 saturated heterocycles. The zero-order valence-corrected chi connectivity index (χ0v) is 13.1. The fourth-order valence-corrected chi connectivity index (χ4v) is 2.48. The van der Waals surface area contributed by atoms with Crippen molar-refractivity contribution in [1.29, 1.82) is 0 Å². The molecular formula is C19H16O5. The van der Waals surface area contributed by atoms with Crippen LogP contribution in [-0.2, 0) is 30.2 Å². The molecule has 1 atom stereocenters. The number of esters is 2. The van der Waals surface area contributed by atoms with Gasteiger partial charge in [-0.05, 0) is 17.2 Å². The Labute approximate surface area is 139 Å². The predicted octanol–water partition coefficient (Wildman–Crippen LogP) is 2.71. The van der Waals surface area contributed by atoms with E-state index in [1.165, 1.54) is 13.2 Å². The first-order chi connectivity index (χ1) is 11.6. The third-order valence-electron chi connectivity index (χ3n) is 3.61. The van der Waals surface area contributed by atoms with Crippen molar-refractivity contribution < 1.29 is 23.8 Å². The van der Waals surface area contributed by atoms with Crippen LogP contribution in [-0.4, -0.2) is 24.8 Å². The Morgan fingerprint density at radius 2 is 1.67 bits per heavy atom. The Morgan fingerprint density at radius 3 is 2.29 bits per heavy atom. The van der Waals surface area contributed by atoms with Gasteiger partial charge in [0.25, 0.3) is 0 Å². The van der Waals surface area contributed by atoms with E-state index in [0.29, 0.717) is 0 Å². The van der Waals surface area contributed by atoms with Gasteiger partial charge in [-0.25, -0.2) is 9.59 Å². The van der Waals surface area contributed by atoms with Crippen molar-refractivity contribution in [2.45, 2.75) is 12.2 Å². The standard InChI is InChI=1S/C19H16O5/c1-22-18(21)19(13-15-10-6-3-7-11-15)23-16(17(20)24-19)12-14-8-4-2-5-9-14/h2-12H,13H2,1H3/t19-/m1/s1. The van der Waals surface area contributed by atoms with Crippen molar-refractivity contribution in [1.82, 2.24) is 0 Å². The number of hydrogen-bond donors (Lipinski definition) is 0. The molecular weight excluding hydrogens is 308 g/mol. The van der Waals surface area contributed by atoms with Crippen molar-refractivity contribution in [3.05, 3.63) is 77.5 Å². The molecule has 1 aliphatic heterocycles. The summed E-state index contributed by atoms with van der Waals surface area (Å²) in [6.07, 6.45) is 1.61. The zero-order valence-electron chi connectivity index (χ0n) is 13.1. The number of benzene rings is 2. The van der Waals surface area contributed by atoms with E-state index in [-0.39, 0.29) is 12.2 Å². The predicted molar refractivity (Wildman–Crippen MR) is 86.5 cm³/mol. The lowest BCUT2D eigenvalue weighted by Gasteiger charge is -2.23. The summed E-state index contributed by atoms with van der Waals surface area (Å²) in [4.78, 5) is 24.4. The molecule has 1 fully saturated rings. The van der Waals surface area contributed by atoms with Crippen molar-refractivity contribution in [3.8, 4) is 0 Å². The minimum absolute atomic E-state index is 0.0254. The second kappa shape index (κ2) is 6.58. The van der Waals surface area contributed by atoms with Crippen LogP contribution in [0.25, 0.3) is 6.08 Å². The van der Waals surface area contributed by atoms with E-state index >= 15 is 0 Å². The molecule has 0 unspecified atom stereocenters. The first kappa shape index (κ1) is 15.8. The lowest BCUT2D eigenvalue weighted by Crippen LogP contribution is -2.43. The monoisotopic (exact) mass is 324 g/mol. The quantitative estimate of drug-likeness (QED) is 0.639. The number of methoxy groups -OCH3 is 1. The average Bonchev–Trinajstić information content (AvgIpc) is 2.92. The van der Waals surface area contributed by atoms with Crippen molar-refractivity contribution in [2.75, 3.05) is 7.11 Å². The van der Waals surface area contributed by atoms with Crippen LogP contribution in [0.5, 0.6) is 0 Å². The van der Waals surface area contributed by atoms with E-state index in [2.05, 4.69) is 0 Å². The van der Waals surface area contributed by atoms with Crippen LogP contribution in [0.1, 0.15) is 11.1 Å². The largest absolute Gasteiger partial charge is 0.463 e. The van der Waals surface area contributed by atoms with E-state index in [1.807, 2.05) is 60.7 Å². The molecule has 24 heavy (non-hydrogen) atoms. The highest BCUT2D eigenvalue weighted by atomic mass is 16.8. The topological polar surface area (TPSA) is 61.8 Å². The third kappa shape index (κ3) is 3.15. The van der Waals surface area contributed by atoms with Gasteiger partial charge in [0, 0.05) is 0 Å². The lowest BCUT2D eigenvalue weighted by atomic mass is 10.1. The van der Waals surface area contributed by atoms with Gasteiger partial charge in [-0.1, -0.05) is 60.7 Å². The highest BCUT2D eigenvalue weighted by Crippen LogP contribution is 2.33. The van der Waals surface area contributed by atoms with Gasteiger partial charge in [0.2, 0.25) is 5.76 Å². The summed E-state index contributed by atoms with van der Waals surface area (Å²) in [7, 11) is 1.23. The van der Waals surface area contributed by atoms with Gasteiger partial charge in [-0.3, -0.25) is 0 Å². The smallest absolute Gasteiger partial charge is 0.393 e. The Kier molecular flexibility index (Phi) is 4.33. The molecule has 3 rings (SSSR count). The van der Waals surface area contributed by atoms with Gasteiger partial charge >= 0.3 is 17.7 Å². The van der Waals surface area contributed by atoms with Crippen LogP contribution in [0, 0.1) is 0 Å². The normalized spacial score (nSPS) is 21.2. The Bertz CT molecular complexity index is 767. The minimum atomic E-state index is -1.80. The molecule has 0 bridgehead atoms. The summed E-state index contributed by atoms with van der Waals surface area (Å²) < 4.78 is 15.7. The molecule has 1 heterocycles. The summed E-state index contributed by atoms with van der Waals surface area (Å²) in [6.45, 7) is 0. The molecule has 0 saturated carbocycles. The average molecular weight is 324 g/mol. The molecule has 122 valence electrons. The van der Waals surface area contributed by atoms with Crippen LogP contribution in [0.2, 0.25) is 0 Å². The maximum atomic E-state index is 12.2. The number of carbonyl (C=O) groups excluding carboxylic acids is 2. The molecule has 0 amide bonds. The molecule has 2 aromatic rings. The summed E-state index contributed by atoms with van der Waals surface area (Å²) in [5.41, 5.74) is 1.56.